The zero-order valence-corrected chi connectivity index (χ0v) is 9.84. The summed E-state index contributed by atoms with van der Waals surface area (Å²) in [6, 6.07) is 6.03. The minimum Gasteiger partial charge on any atom is -0.360 e. The van der Waals surface area contributed by atoms with E-state index in [1.54, 1.807) is 6.20 Å². The highest BCUT2D eigenvalue weighted by Gasteiger charge is 2.20. The maximum Gasteiger partial charge on any atom is 0.161 e. The molecule has 0 bridgehead atoms. The average molecular weight is 232 g/mol. The van der Waals surface area contributed by atoms with Crippen molar-refractivity contribution in [3.8, 4) is 6.07 Å². The molecular formula is C12H16N4O. The van der Waals surface area contributed by atoms with Crippen LogP contribution in [0.1, 0.15) is 18.5 Å². The second-order valence-electron chi connectivity index (χ2n) is 4.17. The van der Waals surface area contributed by atoms with Crippen molar-refractivity contribution in [3.05, 3.63) is 23.9 Å². The van der Waals surface area contributed by atoms with E-state index in [-0.39, 0.29) is 12.1 Å². The molecule has 1 aliphatic heterocycles. The fraction of sp³-hybridized carbons (Fsp3) is 0.500. The van der Waals surface area contributed by atoms with E-state index in [9.17, 15) is 0 Å². The van der Waals surface area contributed by atoms with Gasteiger partial charge < -0.3 is 15.4 Å². The number of morpholine rings is 1. The fourth-order valence-corrected chi connectivity index (χ4v) is 1.79. The molecule has 1 saturated heterocycles. The summed E-state index contributed by atoms with van der Waals surface area (Å²) in [4.78, 5) is 6.43. The standard InChI is InChI=1S/C12H16N4O/c1-9(14)10-2-3-12(15-7-10)16-4-5-17-11(6-13)8-16/h2-3,7,9,11H,4-5,8,14H2,1H3/t9-,11?/m0/s1. The summed E-state index contributed by atoms with van der Waals surface area (Å²) in [7, 11) is 0. The number of rotatable bonds is 2. The van der Waals surface area contributed by atoms with Gasteiger partial charge in [0, 0.05) is 18.8 Å². The summed E-state index contributed by atoms with van der Waals surface area (Å²) in [6.07, 6.45) is 1.43. The van der Waals surface area contributed by atoms with Crippen molar-refractivity contribution >= 4 is 5.82 Å². The molecule has 5 nitrogen and oxygen atoms in total. The number of ether oxygens (including phenoxy) is 1. The molecule has 0 aromatic carbocycles. The Morgan fingerprint density at radius 3 is 3.06 bits per heavy atom. The monoisotopic (exact) mass is 232 g/mol. The third kappa shape index (κ3) is 2.73. The van der Waals surface area contributed by atoms with Gasteiger partial charge in [-0.05, 0) is 18.6 Å². The lowest BCUT2D eigenvalue weighted by atomic mass is 10.1. The Bertz CT molecular complexity index is 410. The van der Waals surface area contributed by atoms with Crippen LogP contribution in [0.25, 0.3) is 0 Å². The smallest absolute Gasteiger partial charge is 0.161 e. The molecule has 2 rings (SSSR count). The first kappa shape index (κ1) is 11.8. The molecule has 2 N–H and O–H groups in total. The summed E-state index contributed by atoms with van der Waals surface area (Å²) in [5.74, 6) is 0.873. The lowest BCUT2D eigenvalue weighted by Crippen LogP contribution is -2.42. The summed E-state index contributed by atoms with van der Waals surface area (Å²) in [5, 5.41) is 8.83. The van der Waals surface area contributed by atoms with Crippen LogP contribution in [0.4, 0.5) is 5.82 Å². The van der Waals surface area contributed by atoms with Gasteiger partial charge in [0.05, 0.1) is 19.2 Å². The van der Waals surface area contributed by atoms with Crippen molar-refractivity contribution in [1.29, 1.82) is 5.26 Å². The van der Waals surface area contributed by atoms with Gasteiger partial charge in [-0.2, -0.15) is 5.26 Å². The fourth-order valence-electron chi connectivity index (χ4n) is 1.79. The first-order valence-corrected chi connectivity index (χ1v) is 5.68. The predicted octanol–water partition coefficient (Wildman–Crippen LogP) is 0.830. The lowest BCUT2D eigenvalue weighted by Gasteiger charge is -2.30. The molecule has 2 heterocycles. The summed E-state index contributed by atoms with van der Waals surface area (Å²) in [6.45, 7) is 3.83. The van der Waals surface area contributed by atoms with Gasteiger partial charge in [0.2, 0.25) is 0 Å². The molecule has 17 heavy (non-hydrogen) atoms. The molecular weight excluding hydrogens is 216 g/mol. The van der Waals surface area contributed by atoms with Crippen LogP contribution in [0.5, 0.6) is 0 Å². The van der Waals surface area contributed by atoms with Gasteiger partial charge in [-0.3, -0.25) is 0 Å². The van der Waals surface area contributed by atoms with Crippen LogP contribution in [0.2, 0.25) is 0 Å². The highest BCUT2D eigenvalue weighted by atomic mass is 16.5. The molecule has 90 valence electrons. The first-order valence-electron chi connectivity index (χ1n) is 5.68. The number of pyridine rings is 1. The van der Waals surface area contributed by atoms with Crippen molar-refractivity contribution < 1.29 is 4.74 Å². The second kappa shape index (κ2) is 5.13. The Morgan fingerprint density at radius 1 is 1.65 bits per heavy atom. The van der Waals surface area contributed by atoms with Crippen LogP contribution in [-0.4, -0.2) is 30.8 Å². The van der Waals surface area contributed by atoms with Crippen molar-refractivity contribution in [1.82, 2.24) is 4.98 Å². The number of aromatic nitrogens is 1. The van der Waals surface area contributed by atoms with E-state index in [0.29, 0.717) is 13.2 Å². The second-order valence-corrected chi connectivity index (χ2v) is 4.17. The summed E-state index contributed by atoms with van der Waals surface area (Å²) in [5.41, 5.74) is 6.78. The van der Waals surface area contributed by atoms with Crippen LogP contribution in [0, 0.1) is 11.3 Å². The molecule has 0 aliphatic carbocycles. The normalized spacial score (nSPS) is 21.9. The Labute approximate surface area is 101 Å². The third-order valence-electron chi connectivity index (χ3n) is 2.83. The van der Waals surface area contributed by atoms with Crippen LogP contribution in [0.15, 0.2) is 18.3 Å². The average Bonchev–Trinajstić information content (AvgIpc) is 2.39. The van der Waals surface area contributed by atoms with Crippen molar-refractivity contribution in [2.75, 3.05) is 24.6 Å². The van der Waals surface area contributed by atoms with E-state index >= 15 is 0 Å². The van der Waals surface area contributed by atoms with Gasteiger partial charge in [0.15, 0.2) is 6.10 Å². The van der Waals surface area contributed by atoms with Gasteiger partial charge in [-0.1, -0.05) is 6.07 Å². The Balaban J connectivity index is 2.09. The van der Waals surface area contributed by atoms with Gasteiger partial charge in [-0.15, -0.1) is 0 Å². The van der Waals surface area contributed by atoms with Crippen LogP contribution in [0.3, 0.4) is 0 Å². The largest absolute Gasteiger partial charge is 0.360 e. The zero-order chi connectivity index (χ0) is 12.3. The highest BCUT2D eigenvalue weighted by Crippen LogP contribution is 2.17. The predicted molar refractivity (Wildman–Crippen MR) is 64.4 cm³/mol. The van der Waals surface area contributed by atoms with Crippen LogP contribution in [-0.2, 0) is 4.74 Å². The van der Waals surface area contributed by atoms with Gasteiger partial charge in [-0.25, -0.2) is 4.98 Å². The van der Waals surface area contributed by atoms with E-state index < -0.39 is 0 Å². The number of anilines is 1. The minimum atomic E-state index is -0.362. The number of hydrogen-bond acceptors (Lipinski definition) is 5. The highest BCUT2D eigenvalue weighted by molar-refractivity contribution is 5.40. The van der Waals surface area contributed by atoms with E-state index in [1.807, 2.05) is 19.1 Å². The van der Waals surface area contributed by atoms with E-state index in [4.69, 9.17) is 15.7 Å². The molecule has 5 heteroatoms. The Morgan fingerprint density at radius 2 is 2.47 bits per heavy atom. The summed E-state index contributed by atoms with van der Waals surface area (Å²) < 4.78 is 5.29. The number of nitriles is 1. The van der Waals surface area contributed by atoms with Gasteiger partial charge in [0.25, 0.3) is 0 Å². The SMILES string of the molecule is C[C@H](N)c1ccc(N2CCOC(C#N)C2)nc1. The van der Waals surface area contributed by atoms with Crippen molar-refractivity contribution in [2.45, 2.75) is 19.1 Å². The molecule has 0 radical (unpaired) electrons. The third-order valence-corrected chi connectivity index (χ3v) is 2.83. The van der Waals surface area contributed by atoms with Crippen LogP contribution < -0.4 is 10.6 Å². The number of nitrogens with zero attached hydrogens (tertiary/aromatic N) is 3. The molecule has 0 amide bonds. The molecule has 0 saturated carbocycles. The van der Waals surface area contributed by atoms with E-state index in [2.05, 4.69) is 16.0 Å². The van der Waals surface area contributed by atoms with Crippen molar-refractivity contribution in [3.63, 3.8) is 0 Å². The Kier molecular flexibility index (Phi) is 3.57. The molecule has 1 fully saturated rings. The first-order chi connectivity index (χ1) is 8.20. The maximum absolute atomic E-state index is 8.83. The molecule has 1 unspecified atom stereocenters. The Hall–Kier alpha value is -1.64. The molecule has 1 aromatic heterocycles. The maximum atomic E-state index is 8.83. The lowest BCUT2D eigenvalue weighted by molar-refractivity contribution is 0.0761. The molecule has 1 aliphatic rings. The molecule has 2 atom stereocenters. The minimum absolute atomic E-state index is 0.00639. The number of nitrogens with two attached hydrogens (primary N) is 1. The quantitative estimate of drug-likeness (QED) is 0.817. The number of hydrogen-bond donors (Lipinski definition) is 1. The van der Waals surface area contributed by atoms with Gasteiger partial charge in [0.1, 0.15) is 5.82 Å². The van der Waals surface area contributed by atoms with E-state index in [0.717, 1.165) is 17.9 Å². The summed E-state index contributed by atoms with van der Waals surface area (Å²) >= 11 is 0. The van der Waals surface area contributed by atoms with Crippen LogP contribution >= 0.6 is 0 Å². The van der Waals surface area contributed by atoms with Gasteiger partial charge >= 0.3 is 0 Å². The topological polar surface area (TPSA) is 75.2 Å². The zero-order valence-electron chi connectivity index (χ0n) is 9.84. The van der Waals surface area contributed by atoms with E-state index in [1.165, 1.54) is 0 Å². The molecule has 0 spiro atoms. The van der Waals surface area contributed by atoms with Crippen molar-refractivity contribution in [2.24, 2.45) is 5.73 Å². The molecule has 1 aromatic rings.